The molecule has 0 aliphatic carbocycles. The fraction of sp³-hybridized carbons (Fsp3) is 0.385. The van der Waals surface area contributed by atoms with Crippen LogP contribution in [0.1, 0.15) is 35.9 Å². The Morgan fingerprint density at radius 1 is 1.42 bits per heavy atom. The number of aliphatic hydroxyl groups excluding tert-OH is 1. The highest BCUT2D eigenvalue weighted by Crippen LogP contribution is 2.35. The van der Waals surface area contributed by atoms with Crippen LogP contribution in [0.3, 0.4) is 0 Å². The number of fused-ring (bicyclic) bond motifs is 1. The maximum Gasteiger partial charge on any atom is 0.255 e. The molecule has 1 aliphatic rings. The second-order valence-electron chi connectivity index (χ2n) is 4.50. The average Bonchev–Trinajstić information content (AvgIpc) is 3.05. The van der Waals surface area contributed by atoms with Crippen molar-refractivity contribution >= 4 is 0 Å². The molecule has 1 aliphatic heterocycles. The first-order chi connectivity index (χ1) is 9.28. The second kappa shape index (κ2) is 4.99. The number of hydrogen-bond acceptors (Lipinski definition) is 6. The van der Waals surface area contributed by atoms with Crippen molar-refractivity contribution in [2.45, 2.75) is 25.0 Å². The molecule has 2 aromatic rings. The number of aliphatic hydroxyl groups is 1. The van der Waals surface area contributed by atoms with E-state index in [0.717, 1.165) is 11.3 Å². The molecular weight excluding hydrogens is 246 g/mol. The molecule has 2 heterocycles. The average molecular weight is 261 g/mol. The van der Waals surface area contributed by atoms with E-state index in [-0.39, 0.29) is 12.0 Å². The van der Waals surface area contributed by atoms with Crippen LogP contribution in [0.4, 0.5) is 0 Å². The Morgan fingerprint density at radius 3 is 3.05 bits per heavy atom. The van der Waals surface area contributed by atoms with Crippen LogP contribution >= 0.6 is 0 Å². The fourth-order valence-electron chi connectivity index (χ4n) is 2.12. The monoisotopic (exact) mass is 261 g/mol. The van der Waals surface area contributed by atoms with Crippen LogP contribution in [0.5, 0.6) is 5.75 Å². The summed E-state index contributed by atoms with van der Waals surface area (Å²) in [5.41, 5.74) is 6.50. The molecular formula is C13H15N3O3. The van der Waals surface area contributed by atoms with Gasteiger partial charge in [0.1, 0.15) is 11.9 Å². The molecule has 0 fully saturated rings. The highest BCUT2D eigenvalue weighted by molar-refractivity contribution is 5.37. The van der Waals surface area contributed by atoms with Crippen molar-refractivity contribution in [2.24, 2.45) is 5.73 Å². The lowest BCUT2D eigenvalue weighted by Crippen LogP contribution is -2.08. The Labute approximate surface area is 110 Å². The lowest BCUT2D eigenvalue weighted by molar-refractivity contribution is 0.127. The predicted molar refractivity (Wildman–Crippen MR) is 66.4 cm³/mol. The molecule has 6 nitrogen and oxygen atoms in total. The van der Waals surface area contributed by atoms with E-state index < -0.39 is 6.10 Å². The highest BCUT2D eigenvalue weighted by Gasteiger charge is 2.29. The third-order valence-corrected chi connectivity index (χ3v) is 3.12. The lowest BCUT2D eigenvalue weighted by atomic mass is 10.1. The van der Waals surface area contributed by atoms with Crippen LogP contribution in [0.25, 0.3) is 0 Å². The number of nitrogens with two attached hydrogens (primary N) is 1. The maximum atomic E-state index is 9.73. The van der Waals surface area contributed by atoms with Gasteiger partial charge in [-0.1, -0.05) is 23.4 Å². The minimum Gasteiger partial charge on any atom is -0.482 e. The Balaban J connectivity index is 1.75. The molecule has 0 spiro atoms. The standard InChI is InChI=1S/C13H15N3O3/c14-6-5-9(17)13-15-12(16-19-13)11-7-8-3-1-2-4-10(8)18-11/h1-4,9,11,17H,5-7,14H2. The lowest BCUT2D eigenvalue weighted by Gasteiger charge is -2.04. The van der Waals surface area contributed by atoms with Crippen LogP contribution in [0, 0.1) is 0 Å². The molecule has 3 rings (SSSR count). The van der Waals surface area contributed by atoms with Gasteiger partial charge in [-0.25, -0.2) is 0 Å². The second-order valence-corrected chi connectivity index (χ2v) is 4.50. The smallest absolute Gasteiger partial charge is 0.255 e. The molecule has 2 atom stereocenters. The van der Waals surface area contributed by atoms with Gasteiger partial charge in [0, 0.05) is 6.42 Å². The summed E-state index contributed by atoms with van der Waals surface area (Å²) in [5.74, 6) is 1.50. The summed E-state index contributed by atoms with van der Waals surface area (Å²) in [6, 6.07) is 7.82. The first-order valence-electron chi connectivity index (χ1n) is 6.24. The van der Waals surface area contributed by atoms with Gasteiger partial charge in [0.2, 0.25) is 5.82 Å². The number of para-hydroxylation sites is 1. The molecule has 0 bridgehead atoms. The molecule has 6 heteroatoms. The van der Waals surface area contributed by atoms with Crippen LogP contribution in [0.15, 0.2) is 28.8 Å². The number of ether oxygens (including phenoxy) is 1. The van der Waals surface area contributed by atoms with E-state index >= 15 is 0 Å². The van der Waals surface area contributed by atoms with Gasteiger partial charge in [-0.05, 0) is 24.6 Å². The van der Waals surface area contributed by atoms with Crippen LogP contribution in [0.2, 0.25) is 0 Å². The molecule has 0 saturated heterocycles. The fourth-order valence-corrected chi connectivity index (χ4v) is 2.12. The van der Waals surface area contributed by atoms with Gasteiger partial charge in [-0.15, -0.1) is 0 Å². The topological polar surface area (TPSA) is 94.4 Å². The van der Waals surface area contributed by atoms with E-state index in [0.29, 0.717) is 25.2 Å². The van der Waals surface area contributed by atoms with Crippen LogP contribution in [-0.4, -0.2) is 21.8 Å². The van der Waals surface area contributed by atoms with Crippen molar-refractivity contribution in [3.63, 3.8) is 0 Å². The Hall–Kier alpha value is -1.92. The van der Waals surface area contributed by atoms with Crippen molar-refractivity contribution in [3.8, 4) is 5.75 Å². The van der Waals surface area contributed by atoms with Crippen molar-refractivity contribution in [1.29, 1.82) is 0 Å². The molecule has 19 heavy (non-hydrogen) atoms. The number of rotatable bonds is 4. The van der Waals surface area contributed by atoms with Gasteiger partial charge < -0.3 is 20.1 Å². The van der Waals surface area contributed by atoms with Crippen molar-refractivity contribution < 1.29 is 14.4 Å². The van der Waals surface area contributed by atoms with Crippen LogP contribution in [-0.2, 0) is 6.42 Å². The zero-order chi connectivity index (χ0) is 13.2. The number of benzene rings is 1. The van der Waals surface area contributed by atoms with Gasteiger partial charge in [-0.2, -0.15) is 4.98 Å². The molecule has 3 N–H and O–H groups in total. The summed E-state index contributed by atoms with van der Waals surface area (Å²) in [6.07, 6.45) is 0.0465. The summed E-state index contributed by atoms with van der Waals surface area (Å²) < 4.78 is 10.8. The van der Waals surface area contributed by atoms with Gasteiger partial charge in [0.25, 0.3) is 5.89 Å². The first-order valence-corrected chi connectivity index (χ1v) is 6.24. The number of nitrogens with zero attached hydrogens (tertiary/aromatic N) is 2. The van der Waals surface area contributed by atoms with E-state index in [1.54, 1.807) is 0 Å². The molecule has 2 unspecified atom stereocenters. The largest absolute Gasteiger partial charge is 0.482 e. The zero-order valence-corrected chi connectivity index (χ0v) is 10.3. The SMILES string of the molecule is NCCC(O)c1nc(C2Cc3ccccc3O2)no1. The maximum absolute atomic E-state index is 9.73. The molecule has 1 aromatic heterocycles. The summed E-state index contributed by atoms with van der Waals surface area (Å²) in [4.78, 5) is 4.19. The minimum absolute atomic E-state index is 0.194. The highest BCUT2D eigenvalue weighted by atomic mass is 16.5. The van der Waals surface area contributed by atoms with Gasteiger partial charge >= 0.3 is 0 Å². The van der Waals surface area contributed by atoms with Crippen LogP contribution < -0.4 is 10.5 Å². The summed E-state index contributed by atoms with van der Waals surface area (Å²) in [5, 5.41) is 13.6. The summed E-state index contributed by atoms with van der Waals surface area (Å²) in [7, 11) is 0. The Kier molecular flexibility index (Phi) is 3.18. The normalized spacial score (nSPS) is 18.9. The molecule has 1 aromatic carbocycles. The third kappa shape index (κ3) is 2.32. The number of aromatic nitrogens is 2. The van der Waals surface area contributed by atoms with E-state index in [1.807, 2.05) is 24.3 Å². The predicted octanol–water partition coefficient (Wildman–Crippen LogP) is 1.13. The van der Waals surface area contributed by atoms with E-state index in [2.05, 4.69) is 10.1 Å². The van der Waals surface area contributed by atoms with Crippen molar-refractivity contribution in [1.82, 2.24) is 10.1 Å². The van der Waals surface area contributed by atoms with E-state index in [1.165, 1.54) is 0 Å². The van der Waals surface area contributed by atoms with Gasteiger partial charge in [0.15, 0.2) is 6.10 Å². The molecule has 0 amide bonds. The molecule has 0 radical (unpaired) electrons. The van der Waals surface area contributed by atoms with Gasteiger partial charge in [0.05, 0.1) is 0 Å². The van der Waals surface area contributed by atoms with E-state index in [4.69, 9.17) is 15.0 Å². The van der Waals surface area contributed by atoms with Gasteiger partial charge in [-0.3, -0.25) is 0 Å². The minimum atomic E-state index is -0.810. The molecule has 0 saturated carbocycles. The Morgan fingerprint density at radius 2 is 2.26 bits per heavy atom. The quantitative estimate of drug-likeness (QED) is 0.856. The van der Waals surface area contributed by atoms with Crippen molar-refractivity contribution in [3.05, 3.63) is 41.5 Å². The summed E-state index contributed by atoms with van der Waals surface area (Å²) >= 11 is 0. The molecule has 100 valence electrons. The summed E-state index contributed by atoms with van der Waals surface area (Å²) in [6.45, 7) is 0.365. The first kappa shape index (κ1) is 12.1. The zero-order valence-electron chi connectivity index (χ0n) is 10.3. The van der Waals surface area contributed by atoms with E-state index in [9.17, 15) is 5.11 Å². The van der Waals surface area contributed by atoms with Crippen molar-refractivity contribution in [2.75, 3.05) is 6.54 Å². The third-order valence-electron chi connectivity index (χ3n) is 3.12. The number of hydrogen-bond donors (Lipinski definition) is 2. The Bertz CT molecular complexity index is 545.